The van der Waals surface area contributed by atoms with Crippen LogP contribution in [0.3, 0.4) is 0 Å². The van der Waals surface area contributed by atoms with E-state index < -0.39 is 82.1 Å². The zero-order chi connectivity index (χ0) is 39.2. The number of carbonyl (C=O) groups excluding carboxylic acids is 6. The molecule has 0 radical (unpaired) electrons. The maximum Gasteiger partial charge on any atom is 0.510 e. The van der Waals surface area contributed by atoms with Gasteiger partial charge in [-0.15, -0.1) is 0 Å². The second-order valence-electron chi connectivity index (χ2n) is 11.7. The van der Waals surface area contributed by atoms with E-state index in [1.54, 1.807) is 67.3 Å². The van der Waals surface area contributed by atoms with E-state index in [0.717, 1.165) is 6.08 Å². The van der Waals surface area contributed by atoms with Gasteiger partial charge in [0.2, 0.25) is 20.0 Å². The van der Waals surface area contributed by atoms with Crippen LogP contribution in [0.4, 0.5) is 14.4 Å². The predicted molar refractivity (Wildman–Crippen MR) is 175 cm³/mol. The SMILES string of the molecule is CCOC(=O)OCOP(=O)(OCOC(=O)OCC)OCC(CC(C)N(C)/C=C\C(=O)N(C=O)COC(=O)C(NC(=O)OC(C)(C)C)C(C)C)OC. The molecule has 1 N–H and O–H groups in total. The molecule has 3 unspecified atom stereocenters. The zero-order valence-corrected chi connectivity index (χ0v) is 31.7. The minimum atomic E-state index is -4.50. The Kier molecular flexibility index (Phi) is 22.4. The number of phosphoric ester groups is 1. The summed E-state index contributed by atoms with van der Waals surface area (Å²) < 4.78 is 62.6. The van der Waals surface area contributed by atoms with Crippen LogP contribution in [0, 0.1) is 5.92 Å². The molecule has 3 atom stereocenters. The lowest BCUT2D eigenvalue weighted by Crippen LogP contribution is -2.48. The molecule has 294 valence electrons. The molecule has 0 aromatic carbocycles. The number of hydrogen-bond donors (Lipinski definition) is 1. The third-order valence-corrected chi connectivity index (χ3v) is 7.46. The number of alkyl carbamates (subject to hydrolysis) is 1. The second-order valence-corrected chi connectivity index (χ2v) is 13.4. The first-order valence-electron chi connectivity index (χ1n) is 15.8. The summed E-state index contributed by atoms with van der Waals surface area (Å²) in [6.45, 7) is 10.3. The largest absolute Gasteiger partial charge is 0.510 e. The number of amides is 3. The van der Waals surface area contributed by atoms with Crippen LogP contribution in [-0.2, 0) is 65.7 Å². The van der Waals surface area contributed by atoms with Crippen LogP contribution >= 0.6 is 7.82 Å². The minimum absolute atomic E-state index is 0.0165. The molecule has 21 heteroatoms. The lowest BCUT2D eigenvalue weighted by molar-refractivity contribution is -0.156. The molecule has 3 amide bonds. The summed E-state index contributed by atoms with van der Waals surface area (Å²) in [7, 11) is -1.52. The third-order valence-electron chi connectivity index (χ3n) is 6.15. The van der Waals surface area contributed by atoms with Crippen LogP contribution in [0.2, 0.25) is 0 Å². The number of rotatable bonds is 23. The Morgan fingerprint density at radius 1 is 0.863 bits per heavy atom. The highest BCUT2D eigenvalue weighted by molar-refractivity contribution is 7.48. The molecule has 51 heavy (non-hydrogen) atoms. The van der Waals surface area contributed by atoms with Gasteiger partial charge in [-0.1, -0.05) is 13.8 Å². The first kappa shape index (κ1) is 47.0. The predicted octanol–water partition coefficient (Wildman–Crippen LogP) is 3.68. The number of ether oxygens (including phenoxy) is 7. The third kappa shape index (κ3) is 21.1. The monoisotopic (exact) mass is 757 g/mol. The van der Waals surface area contributed by atoms with E-state index in [0.29, 0.717) is 4.90 Å². The van der Waals surface area contributed by atoms with Gasteiger partial charge in [-0.3, -0.25) is 14.1 Å². The number of esters is 1. The van der Waals surface area contributed by atoms with Crippen LogP contribution in [0.25, 0.3) is 0 Å². The minimum Gasteiger partial charge on any atom is -0.444 e. The fraction of sp³-hybridized carbons (Fsp3) is 0.733. The van der Waals surface area contributed by atoms with E-state index in [2.05, 4.69) is 24.3 Å². The molecule has 0 aromatic heterocycles. The van der Waals surface area contributed by atoms with E-state index in [1.807, 2.05) is 0 Å². The smallest absolute Gasteiger partial charge is 0.444 e. The lowest BCUT2D eigenvalue weighted by atomic mass is 10.1. The van der Waals surface area contributed by atoms with E-state index in [1.165, 1.54) is 13.3 Å². The average Bonchev–Trinajstić information content (AvgIpc) is 3.03. The van der Waals surface area contributed by atoms with E-state index in [4.69, 9.17) is 27.8 Å². The standard InChI is InChI=1S/C30H52N3O17P/c1-11-42-28(38)45-19-48-51(40,49-20-46-29(39)43-12-2)47-16-23(41-10)15-22(5)32(9)14-13-24(35)33(17-34)18-44-26(36)25(21(3)4)31-27(37)50-30(6,7)8/h13-14,17,21-23,25H,11-12,15-16,18-20H2,1-10H3,(H,31,37)/b14-13-. The molecule has 0 saturated heterocycles. The molecular formula is C30H52N3O17P. The van der Waals surface area contributed by atoms with Crippen molar-refractivity contribution in [2.45, 2.75) is 85.6 Å². The summed E-state index contributed by atoms with van der Waals surface area (Å²) in [6, 6.07) is -1.46. The van der Waals surface area contributed by atoms with Gasteiger partial charge >= 0.3 is 32.2 Å². The van der Waals surface area contributed by atoms with E-state index >= 15 is 0 Å². The molecule has 0 aliphatic heterocycles. The molecule has 0 aliphatic carbocycles. The highest BCUT2D eigenvalue weighted by atomic mass is 31.2. The van der Waals surface area contributed by atoms with Gasteiger partial charge in [-0.25, -0.2) is 37.7 Å². The highest BCUT2D eigenvalue weighted by Crippen LogP contribution is 2.49. The number of nitrogens with zero attached hydrogens (tertiary/aromatic N) is 2. The summed E-state index contributed by atoms with van der Waals surface area (Å²) >= 11 is 0. The summed E-state index contributed by atoms with van der Waals surface area (Å²) in [4.78, 5) is 74.2. The Hall–Kier alpha value is -3.97. The van der Waals surface area contributed by atoms with Crippen molar-refractivity contribution in [2.75, 3.05) is 54.3 Å². The molecule has 20 nitrogen and oxygen atoms in total. The fourth-order valence-corrected chi connectivity index (χ4v) is 4.32. The number of phosphoric acid groups is 1. The van der Waals surface area contributed by atoms with Crippen LogP contribution in [0.5, 0.6) is 0 Å². The number of nitrogens with one attached hydrogen (secondary N) is 1. The molecule has 0 bridgehead atoms. The van der Waals surface area contributed by atoms with Crippen molar-refractivity contribution in [3.8, 4) is 0 Å². The number of hydrogen-bond acceptors (Lipinski definition) is 18. The molecular weight excluding hydrogens is 705 g/mol. The van der Waals surface area contributed by atoms with E-state index in [9.17, 15) is 33.3 Å². The van der Waals surface area contributed by atoms with Crippen LogP contribution in [0.15, 0.2) is 12.3 Å². The van der Waals surface area contributed by atoms with Crippen molar-refractivity contribution in [2.24, 2.45) is 5.92 Å². The first-order valence-corrected chi connectivity index (χ1v) is 17.2. The Bertz CT molecular complexity index is 1160. The second kappa shape index (κ2) is 24.3. The maximum absolute atomic E-state index is 13.1. The van der Waals surface area contributed by atoms with Crippen LogP contribution in [0.1, 0.15) is 61.8 Å². The van der Waals surface area contributed by atoms with Gasteiger partial charge in [-0.2, -0.15) is 0 Å². The van der Waals surface area contributed by atoms with Gasteiger partial charge in [0.15, 0.2) is 6.73 Å². The lowest BCUT2D eigenvalue weighted by Gasteiger charge is -2.27. The molecule has 0 aliphatic rings. The number of imide groups is 1. The Labute approximate surface area is 297 Å². The maximum atomic E-state index is 13.1. The zero-order valence-electron chi connectivity index (χ0n) is 30.8. The Morgan fingerprint density at radius 2 is 1.41 bits per heavy atom. The molecule has 0 heterocycles. The normalized spacial score (nSPS) is 13.4. The summed E-state index contributed by atoms with van der Waals surface area (Å²) in [5, 5.41) is 2.43. The van der Waals surface area contributed by atoms with Crippen LogP contribution < -0.4 is 5.32 Å². The molecule has 0 aromatic rings. The highest BCUT2D eigenvalue weighted by Gasteiger charge is 2.31. The van der Waals surface area contributed by atoms with Crippen molar-refractivity contribution >= 4 is 44.5 Å². The van der Waals surface area contributed by atoms with Gasteiger partial charge < -0.3 is 43.4 Å². The average molecular weight is 758 g/mol. The molecule has 0 rings (SSSR count). The topological polar surface area (TPSA) is 230 Å². The fourth-order valence-electron chi connectivity index (χ4n) is 3.39. The van der Waals surface area contributed by atoms with Gasteiger partial charge in [0.25, 0.3) is 5.91 Å². The Morgan fingerprint density at radius 3 is 1.86 bits per heavy atom. The first-order chi connectivity index (χ1) is 23.8. The van der Waals surface area contributed by atoms with Gasteiger partial charge in [-0.05, 0) is 53.9 Å². The van der Waals surface area contributed by atoms with Crippen molar-refractivity contribution in [1.82, 2.24) is 15.1 Å². The molecule has 0 saturated carbocycles. The van der Waals surface area contributed by atoms with Crippen molar-refractivity contribution in [3.63, 3.8) is 0 Å². The van der Waals surface area contributed by atoms with Crippen LogP contribution in [-0.4, -0.2) is 125 Å². The molecule has 0 spiro atoms. The van der Waals surface area contributed by atoms with E-state index in [-0.39, 0.29) is 38.7 Å². The van der Waals surface area contributed by atoms with Gasteiger partial charge in [0.1, 0.15) is 11.6 Å². The number of carbonyl (C=O) groups is 6. The summed E-state index contributed by atoms with van der Waals surface area (Å²) in [5.41, 5.74) is -0.800. The Balaban J connectivity index is 5.27. The number of methoxy groups -OCH3 is 1. The van der Waals surface area contributed by atoms with Gasteiger partial charge in [0, 0.05) is 32.5 Å². The summed E-state index contributed by atoms with van der Waals surface area (Å²) in [5.74, 6) is -2.09. The quantitative estimate of drug-likeness (QED) is 0.0391. The molecule has 0 fully saturated rings. The van der Waals surface area contributed by atoms with Gasteiger partial charge in [0.05, 0.1) is 25.9 Å². The van der Waals surface area contributed by atoms with Crippen molar-refractivity contribution in [1.29, 1.82) is 0 Å². The van der Waals surface area contributed by atoms with Crippen molar-refractivity contribution < 1.29 is 80.1 Å². The summed E-state index contributed by atoms with van der Waals surface area (Å²) in [6.07, 6.45) is -0.927. The van der Waals surface area contributed by atoms with Crippen molar-refractivity contribution in [3.05, 3.63) is 12.3 Å².